The molecule has 0 aliphatic carbocycles. The van der Waals surface area contributed by atoms with Crippen molar-refractivity contribution in [3.63, 3.8) is 0 Å². The number of alkyl halides is 3. The highest BCUT2D eigenvalue weighted by Crippen LogP contribution is 2.30. The number of rotatable bonds is 3. The highest BCUT2D eigenvalue weighted by molar-refractivity contribution is 5.56. The lowest BCUT2D eigenvalue weighted by molar-refractivity contribution is -0.137. The first-order chi connectivity index (χ1) is 14.2. The van der Waals surface area contributed by atoms with Gasteiger partial charge in [-0.3, -0.25) is 9.69 Å². The molecule has 4 nitrogen and oxygen atoms in total. The molecule has 1 aliphatic rings. The van der Waals surface area contributed by atoms with E-state index in [1.54, 1.807) is 0 Å². The molecule has 2 heterocycles. The third kappa shape index (κ3) is 4.11. The van der Waals surface area contributed by atoms with Crippen LogP contribution in [-0.4, -0.2) is 21.4 Å². The van der Waals surface area contributed by atoms with E-state index in [0.717, 1.165) is 30.3 Å². The molecule has 4 rings (SSSR count). The molecule has 0 amide bonds. The minimum Gasteiger partial charge on any atom is -0.306 e. The normalized spacial score (nSPS) is 14.6. The second-order valence-corrected chi connectivity index (χ2v) is 7.11. The van der Waals surface area contributed by atoms with Crippen LogP contribution in [0.1, 0.15) is 22.4 Å². The van der Waals surface area contributed by atoms with Gasteiger partial charge in [0.1, 0.15) is 17.5 Å². The first-order valence-electron chi connectivity index (χ1n) is 9.16. The first kappa shape index (κ1) is 20.2. The van der Waals surface area contributed by atoms with Gasteiger partial charge in [0, 0.05) is 36.3 Å². The van der Waals surface area contributed by atoms with Gasteiger partial charge in [-0.15, -0.1) is 0 Å². The van der Waals surface area contributed by atoms with Crippen molar-refractivity contribution in [1.29, 1.82) is 0 Å². The standard InChI is InChI=1S/C21H16F5N3O/c22-15-5-6-17(23)13(9-15)10-29-8-7-16-18(11-29)27-19(28-20(16)30)12-1-3-14(4-2-12)21(24,25)26/h1-6,9H,7-8,10-11H2,(H,27,28,30). The van der Waals surface area contributed by atoms with Crippen LogP contribution in [0.2, 0.25) is 0 Å². The molecule has 30 heavy (non-hydrogen) atoms. The van der Waals surface area contributed by atoms with Crippen LogP contribution in [0.3, 0.4) is 0 Å². The summed E-state index contributed by atoms with van der Waals surface area (Å²) >= 11 is 0. The minimum atomic E-state index is -4.46. The lowest BCUT2D eigenvalue weighted by atomic mass is 10.0. The average Bonchev–Trinajstić information content (AvgIpc) is 2.70. The molecule has 156 valence electrons. The third-order valence-electron chi connectivity index (χ3n) is 5.04. The zero-order chi connectivity index (χ0) is 21.5. The minimum absolute atomic E-state index is 0.146. The maximum absolute atomic E-state index is 13.9. The SMILES string of the molecule is O=c1[nH]c(-c2ccc(C(F)(F)F)cc2)nc2c1CCN(Cc1cc(F)ccc1F)C2. The van der Waals surface area contributed by atoms with Crippen molar-refractivity contribution in [2.45, 2.75) is 25.7 Å². The number of fused-ring (bicyclic) bond motifs is 1. The zero-order valence-electron chi connectivity index (χ0n) is 15.6. The van der Waals surface area contributed by atoms with Crippen LogP contribution in [-0.2, 0) is 25.7 Å². The number of nitrogens with one attached hydrogen (secondary N) is 1. The van der Waals surface area contributed by atoms with Crippen molar-refractivity contribution < 1.29 is 22.0 Å². The highest BCUT2D eigenvalue weighted by Gasteiger charge is 2.30. The van der Waals surface area contributed by atoms with E-state index < -0.39 is 23.4 Å². The lowest BCUT2D eigenvalue weighted by Crippen LogP contribution is -2.35. The van der Waals surface area contributed by atoms with Crippen LogP contribution in [0.5, 0.6) is 0 Å². The maximum Gasteiger partial charge on any atom is 0.416 e. The largest absolute Gasteiger partial charge is 0.416 e. The molecule has 0 bridgehead atoms. The fourth-order valence-electron chi connectivity index (χ4n) is 3.49. The Morgan fingerprint density at radius 2 is 1.80 bits per heavy atom. The van der Waals surface area contributed by atoms with E-state index in [9.17, 15) is 26.7 Å². The molecule has 1 aliphatic heterocycles. The Labute approximate surface area is 168 Å². The molecule has 9 heteroatoms. The van der Waals surface area contributed by atoms with E-state index in [0.29, 0.717) is 29.8 Å². The van der Waals surface area contributed by atoms with E-state index in [1.807, 2.05) is 4.90 Å². The summed E-state index contributed by atoms with van der Waals surface area (Å²) in [5.41, 5.74) is 0.349. The number of H-pyrrole nitrogens is 1. The fourth-order valence-corrected chi connectivity index (χ4v) is 3.49. The Bertz CT molecular complexity index is 1140. The zero-order valence-corrected chi connectivity index (χ0v) is 15.6. The van der Waals surface area contributed by atoms with E-state index in [-0.39, 0.29) is 30.0 Å². The molecule has 0 spiro atoms. The lowest BCUT2D eigenvalue weighted by Gasteiger charge is -2.27. The van der Waals surface area contributed by atoms with Gasteiger partial charge in [0.15, 0.2) is 0 Å². The number of aromatic amines is 1. The molecule has 1 N–H and O–H groups in total. The van der Waals surface area contributed by atoms with Gasteiger partial charge in [0.25, 0.3) is 5.56 Å². The second-order valence-electron chi connectivity index (χ2n) is 7.11. The number of hydrogen-bond acceptors (Lipinski definition) is 3. The molecule has 0 saturated heterocycles. The predicted octanol–water partition coefficient (Wildman–Crippen LogP) is 4.29. The van der Waals surface area contributed by atoms with Crippen molar-refractivity contribution >= 4 is 0 Å². The van der Waals surface area contributed by atoms with Crippen LogP contribution in [0.15, 0.2) is 47.3 Å². The van der Waals surface area contributed by atoms with Gasteiger partial charge in [-0.2, -0.15) is 13.2 Å². The molecular weight excluding hydrogens is 405 g/mol. The summed E-state index contributed by atoms with van der Waals surface area (Å²) < 4.78 is 65.6. The van der Waals surface area contributed by atoms with Crippen molar-refractivity contribution in [2.24, 2.45) is 0 Å². The number of hydrogen-bond donors (Lipinski definition) is 1. The van der Waals surface area contributed by atoms with Crippen molar-refractivity contribution in [2.75, 3.05) is 6.54 Å². The van der Waals surface area contributed by atoms with Gasteiger partial charge in [-0.05, 0) is 36.8 Å². The fraction of sp³-hybridized carbons (Fsp3) is 0.238. The summed E-state index contributed by atoms with van der Waals surface area (Å²) in [6.45, 7) is 0.851. The molecule has 1 aromatic heterocycles. The average molecular weight is 421 g/mol. The Morgan fingerprint density at radius 3 is 2.50 bits per heavy atom. The van der Waals surface area contributed by atoms with Crippen LogP contribution in [0.4, 0.5) is 22.0 Å². The second kappa shape index (κ2) is 7.64. The Morgan fingerprint density at radius 1 is 1.07 bits per heavy atom. The summed E-state index contributed by atoms with van der Waals surface area (Å²) in [5, 5.41) is 0. The van der Waals surface area contributed by atoms with Gasteiger partial charge < -0.3 is 4.98 Å². The van der Waals surface area contributed by atoms with E-state index >= 15 is 0 Å². The Kier molecular flexibility index (Phi) is 5.15. The molecule has 0 saturated carbocycles. The summed E-state index contributed by atoms with van der Waals surface area (Å²) in [7, 11) is 0. The van der Waals surface area contributed by atoms with Crippen LogP contribution < -0.4 is 5.56 Å². The van der Waals surface area contributed by atoms with Gasteiger partial charge in [-0.1, -0.05) is 12.1 Å². The molecule has 0 radical (unpaired) electrons. The molecule has 0 unspecified atom stereocenters. The molecule has 0 atom stereocenters. The van der Waals surface area contributed by atoms with Crippen molar-refractivity contribution in [3.8, 4) is 11.4 Å². The van der Waals surface area contributed by atoms with Crippen LogP contribution in [0, 0.1) is 11.6 Å². The summed E-state index contributed by atoms with van der Waals surface area (Å²) in [5.74, 6) is -0.902. The third-order valence-corrected chi connectivity index (χ3v) is 5.04. The smallest absolute Gasteiger partial charge is 0.306 e. The van der Waals surface area contributed by atoms with E-state index in [4.69, 9.17) is 0 Å². The predicted molar refractivity (Wildman–Crippen MR) is 99.5 cm³/mol. The Balaban J connectivity index is 1.60. The molecule has 0 fully saturated rings. The summed E-state index contributed by atoms with van der Waals surface area (Å²) in [6, 6.07) is 7.58. The van der Waals surface area contributed by atoms with Gasteiger partial charge in [-0.25, -0.2) is 13.8 Å². The number of halogens is 5. The monoisotopic (exact) mass is 421 g/mol. The maximum atomic E-state index is 13.9. The van der Waals surface area contributed by atoms with Gasteiger partial charge in [0.2, 0.25) is 0 Å². The van der Waals surface area contributed by atoms with E-state index in [2.05, 4.69) is 9.97 Å². The van der Waals surface area contributed by atoms with Crippen molar-refractivity contribution in [3.05, 3.63) is 86.8 Å². The molecule has 3 aromatic rings. The van der Waals surface area contributed by atoms with Gasteiger partial charge >= 0.3 is 6.18 Å². The quantitative estimate of drug-likeness (QED) is 0.642. The highest BCUT2D eigenvalue weighted by atomic mass is 19.4. The van der Waals surface area contributed by atoms with Crippen LogP contribution >= 0.6 is 0 Å². The summed E-state index contributed by atoms with van der Waals surface area (Å²) in [4.78, 5) is 21.3. The van der Waals surface area contributed by atoms with Crippen molar-refractivity contribution in [1.82, 2.24) is 14.9 Å². The molecular formula is C21H16F5N3O. The first-order valence-corrected chi connectivity index (χ1v) is 9.16. The molecule has 2 aromatic carbocycles. The Hall–Kier alpha value is -3.07. The topological polar surface area (TPSA) is 49.0 Å². The number of nitrogens with zero attached hydrogens (tertiary/aromatic N) is 2. The summed E-state index contributed by atoms with van der Waals surface area (Å²) in [6.07, 6.45) is -4.08. The van der Waals surface area contributed by atoms with Crippen LogP contribution in [0.25, 0.3) is 11.4 Å². The van der Waals surface area contributed by atoms with E-state index in [1.165, 1.54) is 12.1 Å². The number of benzene rings is 2. The van der Waals surface area contributed by atoms with Gasteiger partial charge in [0.05, 0.1) is 11.3 Å². The number of aromatic nitrogens is 2.